The molecule has 0 radical (unpaired) electrons. The van der Waals surface area contributed by atoms with E-state index in [9.17, 15) is 4.79 Å². The summed E-state index contributed by atoms with van der Waals surface area (Å²) in [5, 5.41) is 0. The Hall–Kier alpha value is -1.75. The maximum Gasteiger partial charge on any atom is 0.253 e. The zero-order valence-electron chi connectivity index (χ0n) is 15.1. The van der Waals surface area contributed by atoms with Crippen molar-refractivity contribution in [3.63, 3.8) is 0 Å². The number of nitrogens with zero attached hydrogens (tertiary/aromatic N) is 1. The van der Waals surface area contributed by atoms with Crippen LogP contribution in [0.25, 0.3) is 0 Å². The van der Waals surface area contributed by atoms with Gasteiger partial charge >= 0.3 is 0 Å². The Kier molecular flexibility index (Phi) is 6.91. The van der Waals surface area contributed by atoms with Gasteiger partial charge in [-0.1, -0.05) is 13.8 Å². The smallest absolute Gasteiger partial charge is 0.253 e. The van der Waals surface area contributed by atoms with Crippen molar-refractivity contribution in [2.75, 3.05) is 33.4 Å². The number of hydrogen-bond acceptors (Lipinski definition) is 4. The van der Waals surface area contributed by atoms with E-state index in [-0.39, 0.29) is 5.91 Å². The van der Waals surface area contributed by atoms with Gasteiger partial charge in [0.15, 0.2) is 11.5 Å². The predicted molar refractivity (Wildman–Crippen MR) is 95.6 cm³/mol. The lowest BCUT2D eigenvalue weighted by atomic mass is 9.96. The molecule has 0 atom stereocenters. The van der Waals surface area contributed by atoms with Crippen LogP contribution in [-0.2, 0) is 0 Å². The third-order valence-corrected chi connectivity index (χ3v) is 4.60. The number of ether oxygens (including phenoxy) is 2. The number of carbonyl (C=O) groups is 1. The number of methoxy groups -OCH3 is 1. The Morgan fingerprint density at radius 1 is 1.29 bits per heavy atom. The van der Waals surface area contributed by atoms with Gasteiger partial charge in [0.1, 0.15) is 0 Å². The summed E-state index contributed by atoms with van der Waals surface area (Å²) in [6, 6.07) is 5.44. The summed E-state index contributed by atoms with van der Waals surface area (Å²) in [7, 11) is 1.60. The van der Waals surface area contributed by atoms with Gasteiger partial charge in [-0.05, 0) is 55.8 Å². The van der Waals surface area contributed by atoms with Crippen molar-refractivity contribution in [1.29, 1.82) is 0 Å². The molecule has 1 heterocycles. The SMILES string of the molecule is COc1cc(C(=O)N2CCC(CN)CC2)ccc1OCCC(C)C. The summed E-state index contributed by atoms with van der Waals surface area (Å²) in [6.07, 6.45) is 2.95. The summed E-state index contributed by atoms with van der Waals surface area (Å²) in [6.45, 7) is 7.23. The average Bonchev–Trinajstić information content (AvgIpc) is 2.61. The number of rotatable bonds is 7. The number of benzene rings is 1. The van der Waals surface area contributed by atoms with E-state index in [1.165, 1.54) is 0 Å². The molecular weight excluding hydrogens is 304 g/mol. The number of amides is 1. The Bertz CT molecular complexity index is 537. The zero-order valence-corrected chi connectivity index (χ0v) is 15.1. The van der Waals surface area contributed by atoms with E-state index in [0.717, 1.165) is 32.4 Å². The van der Waals surface area contributed by atoms with Crippen LogP contribution in [0.2, 0.25) is 0 Å². The predicted octanol–water partition coefficient (Wildman–Crippen LogP) is 2.93. The van der Waals surface area contributed by atoms with E-state index in [4.69, 9.17) is 15.2 Å². The van der Waals surface area contributed by atoms with Crippen LogP contribution in [0.5, 0.6) is 11.5 Å². The van der Waals surface area contributed by atoms with Gasteiger partial charge in [-0.2, -0.15) is 0 Å². The number of nitrogens with two attached hydrogens (primary N) is 1. The molecule has 0 unspecified atom stereocenters. The molecule has 5 nitrogen and oxygen atoms in total. The molecule has 1 saturated heterocycles. The van der Waals surface area contributed by atoms with Gasteiger partial charge in [-0.3, -0.25) is 4.79 Å². The second-order valence-electron chi connectivity index (χ2n) is 6.87. The van der Waals surface area contributed by atoms with Crippen molar-refractivity contribution in [2.24, 2.45) is 17.6 Å². The summed E-state index contributed by atoms with van der Waals surface area (Å²) in [5.41, 5.74) is 6.36. The van der Waals surface area contributed by atoms with Crippen LogP contribution >= 0.6 is 0 Å². The number of carbonyl (C=O) groups excluding carboxylic acids is 1. The van der Waals surface area contributed by atoms with Gasteiger partial charge in [0.05, 0.1) is 13.7 Å². The van der Waals surface area contributed by atoms with Gasteiger partial charge in [0, 0.05) is 18.7 Å². The first kappa shape index (κ1) is 18.6. The number of piperidine rings is 1. The molecule has 1 aliphatic rings. The lowest BCUT2D eigenvalue weighted by molar-refractivity contribution is 0.0693. The molecule has 1 aromatic rings. The molecule has 2 N–H and O–H groups in total. The minimum Gasteiger partial charge on any atom is -0.493 e. The molecule has 0 aromatic heterocycles. The summed E-state index contributed by atoms with van der Waals surface area (Å²) >= 11 is 0. The van der Waals surface area contributed by atoms with E-state index in [1.807, 2.05) is 17.0 Å². The van der Waals surface area contributed by atoms with Gasteiger partial charge < -0.3 is 20.1 Å². The van der Waals surface area contributed by atoms with Gasteiger partial charge in [0.25, 0.3) is 5.91 Å². The molecule has 1 amide bonds. The monoisotopic (exact) mass is 334 g/mol. The highest BCUT2D eigenvalue weighted by atomic mass is 16.5. The second kappa shape index (κ2) is 8.92. The third-order valence-electron chi connectivity index (χ3n) is 4.60. The van der Waals surface area contributed by atoms with E-state index >= 15 is 0 Å². The van der Waals surface area contributed by atoms with Gasteiger partial charge in [0.2, 0.25) is 0 Å². The van der Waals surface area contributed by atoms with Crippen molar-refractivity contribution in [2.45, 2.75) is 33.1 Å². The lowest BCUT2D eigenvalue weighted by Gasteiger charge is -2.31. The minimum absolute atomic E-state index is 0.0532. The number of likely N-dealkylation sites (tertiary alicyclic amines) is 1. The Morgan fingerprint density at radius 2 is 2.00 bits per heavy atom. The quantitative estimate of drug-likeness (QED) is 0.833. The normalized spacial score (nSPS) is 15.6. The van der Waals surface area contributed by atoms with E-state index in [2.05, 4.69) is 13.8 Å². The maximum absolute atomic E-state index is 12.7. The Balaban J connectivity index is 2.01. The minimum atomic E-state index is 0.0532. The molecule has 1 aliphatic heterocycles. The van der Waals surface area contributed by atoms with E-state index in [0.29, 0.717) is 42.0 Å². The van der Waals surface area contributed by atoms with Crippen LogP contribution in [-0.4, -0.2) is 44.2 Å². The van der Waals surface area contributed by atoms with Crippen LogP contribution in [0.15, 0.2) is 18.2 Å². The van der Waals surface area contributed by atoms with E-state index < -0.39 is 0 Å². The van der Waals surface area contributed by atoms with Crippen LogP contribution in [0.1, 0.15) is 43.5 Å². The summed E-state index contributed by atoms with van der Waals surface area (Å²) < 4.78 is 11.2. The van der Waals surface area contributed by atoms with Crippen molar-refractivity contribution in [3.8, 4) is 11.5 Å². The van der Waals surface area contributed by atoms with Crippen LogP contribution in [0.3, 0.4) is 0 Å². The van der Waals surface area contributed by atoms with Crippen molar-refractivity contribution < 1.29 is 14.3 Å². The van der Waals surface area contributed by atoms with Crippen LogP contribution in [0.4, 0.5) is 0 Å². The Morgan fingerprint density at radius 3 is 2.58 bits per heavy atom. The lowest BCUT2D eigenvalue weighted by Crippen LogP contribution is -2.40. The molecular formula is C19H30N2O3. The standard InChI is InChI=1S/C19H30N2O3/c1-14(2)8-11-24-17-5-4-16(12-18(17)23-3)19(22)21-9-6-15(13-20)7-10-21/h4-5,12,14-15H,6-11,13,20H2,1-3H3. The van der Waals surface area contributed by atoms with Crippen LogP contribution < -0.4 is 15.2 Å². The highest BCUT2D eigenvalue weighted by molar-refractivity contribution is 5.95. The second-order valence-corrected chi connectivity index (χ2v) is 6.87. The number of hydrogen-bond donors (Lipinski definition) is 1. The largest absolute Gasteiger partial charge is 0.493 e. The van der Waals surface area contributed by atoms with Crippen molar-refractivity contribution >= 4 is 5.91 Å². The zero-order chi connectivity index (χ0) is 17.5. The molecule has 0 spiro atoms. The summed E-state index contributed by atoms with van der Waals surface area (Å²) in [5.74, 6) is 2.49. The molecule has 1 fully saturated rings. The molecule has 0 saturated carbocycles. The first-order valence-corrected chi connectivity index (χ1v) is 8.85. The highest BCUT2D eigenvalue weighted by Gasteiger charge is 2.23. The first-order chi connectivity index (χ1) is 11.5. The van der Waals surface area contributed by atoms with Crippen molar-refractivity contribution in [3.05, 3.63) is 23.8 Å². The van der Waals surface area contributed by atoms with E-state index in [1.54, 1.807) is 13.2 Å². The average molecular weight is 334 g/mol. The third kappa shape index (κ3) is 4.87. The molecule has 5 heteroatoms. The molecule has 2 rings (SSSR count). The maximum atomic E-state index is 12.7. The molecule has 0 aliphatic carbocycles. The Labute approximate surface area is 145 Å². The summed E-state index contributed by atoms with van der Waals surface area (Å²) in [4.78, 5) is 14.6. The fourth-order valence-corrected chi connectivity index (χ4v) is 2.88. The highest BCUT2D eigenvalue weighted by Crippen LogP contribution is 2.29. The first-order valence-electron chi connectivity index (χ1n) is 8.85. The van der Waals surface area contributed by atoms with Crippen LogP contribution in [0, 0.1) is 11.8 Å². The molecule has 24 heavy (non-hydrogen) atoms. The van der Waals surface area contributed by atoms with Gasteiger partial charge in [-0.15, -0.1) is 0 Å². The fourth-order valence-electron chi connectivity index (χ4n) is 2.88. The van der Waals surface area contributed by atoms with Gasteiger partial charge in [-0.25, -0.2) is 0 Å². The molecule has 0 bridgehead atoms. The molecule has 1 aromatic carbocycles. The fraction of sp³-hybridized carbons (Fsp3) is 0.632. The topological polar surface area (TPSA) is 64.8 Å². The van der Waals surface area contributed by atoms with Crippen molar-refractivity contribution in [1.82, 2.24) is 4.90 Å². The molecule has 134 valence electrons.